The molecule has 0 saturated heterocycles. The number of carbonyl (C=O) groups is 1. The van der Waals surface area contributed by atoms with Crippen LogP contribution in [-0.4, -0.2) is 32.6 Å². The van der Waals surface area contributed by atoms with Gasteiger partial charge in [-0.15, -0.1) is 0 Å². The fourth-order valence-corrected chi connectivity index (χ4v) is 1.70. The molecular weight excluding hydrogens is 248 g/mol. The first-order valence-electron chi connectivity index (χ1n) is 4.85. The molecule has 0 aliphatic rings. The van der Waals surface area contributed by atoms with Gasteiger partial charge in [0.25, 0.3) is 10.0 Å². The van der Waals surface area contributed by atoms with Gasteiger partial charge in [0.05, 0.1) is 6.54 Å². The quantitative estimate of drug-likeness (QED) is 0.652. The summed E-state index contributed by atoms with van der Waals surface area (Å²) in [6.07, 6.45) is 0. The number of nitrogens with one attached hydrogen (secondary N) is 2. The van der Waals surface area contributed by atoms with Crippen molar-refractivity contribution in [2.45, 2.75) is 24.6 Å². The Kier molecular flexibility index (Phi) is 4.27. The molecule has 0 radical (unpaired) electrons. The van der Waals surface area contributed by atoms with Gasteiger partial charge < -0.3 is 9.52 Å². The lowest BCUT2D eigenvalue weighted by Crippen LogP contribution is -2.32. The normalized spacial score (nSPS) is 13.5. The summed E-state index contributed by atoms with van der Waals surface area (Å²) in [6, 6.07) is 2.06. The van der Waals surface area contributed by atoms with Gasteiger partial charge in [0, 0.05) is 0 Å². The van der Waals surface area contributed by atoms with Crippen molar-refractivity contribution in [1.29, 1.82) is 0 Å². The number of hydrogen-bond donors (Lipinski definition) is 3. The zero-order valence-electron chi connectivity index (χ0n) is 9.43. The van der Waals surface area contributed by atoms with E-state index in [4.69, 9.17) is 9.52 Å². The van der Waals surface area contributed by atoms with E-state index in [1.54, 1.807) is 0 Å². The van der Waals surface area contributed by atoms with E-state index in [1.807, 2.05) is 0 Å². The average Bonchev–Trinajstić information content (AvgIpc) is 2.75. The first kappa shape index (κ1) is 13.7. The Morgan fingerprint density at radius 2 is 2.18 bits per heavy atom. The smallest absolute Gasteiger partial charge is 0.320 e. The van der Waals surface area contributed by atoms with Crippen molar-refractivity contribution in [3.8, 4) is 0 Å². The summed E-state index contributed by atoms with van der Waals surface area (Å²) in [5, 5.41) is 11.1. The van der Waals surface area contributed by atoms with Crippen molar-refractivity contribution in [2.75, 3.05) is 7.05 Å². The minimum absolute atomic E-state index is 0.146. The fraction of sp³-hybridized carbons (Fsp3) is 0.444. The molecule has 0 saturated carbocycles. The maximum atomic E-state index is 11.3. The number of carboxylic acid groups (broad SMARTS) is 1. The Morgan fingerprint density at radius 1 is 1.53 bits per heavy atom. The third-order valence-electron chi connectivity index (χ3n) is 2.12. The predicted molar refractivity (Wildman–Crippen MR) is 58.9 cm³/mol. The van der Waals surface area contributed by atoms with Crippen LogP contribution in [0.15, 0.2) is 21.6 Å². The monoisotopic (exact) mass is 262 g/mol. The second kappa shape index (κ2) is 5.30. The largest absolute Gasteiger partial charge is 0.480 e. The Morgan fingerprint density at radius 3 is 2.71 bits per heavy atom. The van der Waals surface area contributed by atoms with Crippen LogP contribution in [0.1, 0.15) is 12.7 Å². The molecule has 0 bridgehead atoms. The molecule has 1 rings (SSSR count). The molecule has 8 heteroatoms. The second-order valence-corrected chi connectivity index (χ2v) is 5.19. The Hall–Kier alpha value is -1.38. The number of aliphatic carboxylic acids is 1. The van der Waals surface area contributed by atoms with Crippen molar-refractivity contribution >= 4 is 16.0 Å². The second-order valence-electron chi connectivity index (χ2n) is 3.37. The number of hydrogen-bond acceptors (Lipinski definition) is 5. The van der Waals surface area contributed by atoms with Crippen molar-refractivity contribution in [2.24, 2.45) is 0 Å². The summed E-state index contributed by atoms with van der Waals surface area (Å²) >= 11 is 0. The third-order valence-corrected chi connectivity index (χ3v) is 3.41. The van der Waals surface area contributed by atoms with Gasteiger partial charge in [0.2, 0.25) is 5.09 Å². The summed E-state index contributed by atoms with van der Waals surface area (Å²) in [5.74, 6) is -0.633. The number of carboxylic acids is 1. The van der Waals surface area contributed by atoms with Crippen molar-refractivity contribution < 1.29 is 22.7 Å². The highest BCUT2D eigenvalue weighted by atomic mass is 32.2. The molecule has 0 aliphatic carbocycles. The molecule has 0 aromatic carbocycles. The number of furan rings is 1. The van der Waals surface area contributed by atoms with Gasteiger partial charge in [0.15, 0.2) is 0 Å². The molecule has 1 heterocycles. The van der Waals surface area contributed by atoms with Gasteiger partial charge in [-0.3, -0.25) is 10.1 Å². The number of sulfonamides is 1. The van der Waals surface area contributed by atoms with Gasteiger partial charge >= 0.3 is 5.97 Å². The van der Waals surface area contributed by atoms with Crippen molar-refractivity contribution in [3.63, 3.8) is 0 Å². The Balaban J connectivity index is 2.67. The van der Waals surface area contributed by atoms with Gasteiger partial charge in [0.1, 0.15) is 11.8 Å². The molecule has 0 fully saturated rings. The molecule has 1 unspecified atom stereocenters. The highest BCUT2D eigenvalue weighted by Crippen LogP contribution is 2.13. The maximum Gasteiger partial charge on any atom is 0.320 e. The highest BCUT2D eigenvalue weighted by molar-refractivity contribution is 7.89. The molecule has 96 valence electrons. The standard InChI is InChI=1S/C9H14N2O5S/c1-6(9(12)13)11-5-7-3-4-8(16-7)17(14,15)10-2/h3-4,6,10-11H,5H2,1-2H3,(H,12,13). The molecule has 17 heavy (non-hydrogen) atoms. The molecule has 1 aromatic heterocycles. The van der Waals surface area contributed by atoms with E-state index >= 15 is 0 Å². The van der Waals surface area contributed by atoms with E-state index in [2.05, 4.69) is 10.0 Å². The molecule has 0 spiro atoms. The Bertz CT molecular complexity index is 493. The molecule has 3 N–H and O–H groups in total. The van der Waals surface area contributed by atoms with E-state index in [1.165, 1.54) is 26.1 Å². The minimum atomic E-state index is -3.59. The van der Waals surface area contributed by atoms with Crippen LogP contribution in [0.25, 0.3) is 0 Å². The van der Waals surface area contributed by atoms with E-state index in [0.717, 1.165) is 0 Å². The lowest BCUT2D eigenvalue weighted by atomic mass is 10.3. The first-order valence-corrected chi connectivity index (χ1v) is 6.33. The van der Waals surface area contributed by atoms with Gasteiger partial charge in [-0.25, -0.2) is 13.1 Å². The average molecular weight is 262 g/mol. The fourth-order valence-electron chi connectivity index (χ4n) is 1.04. The lowest BCUT2D eigenvalue weighted by Gasteiger charge is -2.06. The summed E-state index contributed by atoms with van der Waals surface area (Å²) in [4.78, 5) is 10.5. The maximum absolute atomic E-state index is 11.3. The van der Waals surface area contributed by atoms with Gasteiger partial charge in [-0.2, -0.15) is 0 Å². The molecule has 1 atom stereocenters. The zero-order valence-corrected chi connectivity index (χ0v) is 10.2. The third kappa shape index (κ3) is 3.55. The van der Waals surface area contributed by atoms with Gasteiger partial charge in [-0.1, -0.05) is 0 Å². The van der Waals surface area contributed by atoms with Crippen LogP contribution in [-0.2, 0) is 21.4 Å². The molecule has 0 amide bonds. The minimum Gasteiger partial charge on any atom is -0.480 e. The van der Waals surface area contributed by atoms with Crippen molar-refractivity contribution in [3.05, 3.63) is 17.9 Å². The highest BCUT2D eigenvalue weighted by Gasteiger charge is 2.17. The molecular formula is C9H14N2O5S. The van der Waals surface area contributed by atoms with Crippen molar-refractivity contribution in [1.82, 2.24) is 10.0 Å². The van der Waals surface area contributed by atoms with Crippen LogP contribution in [0.3, 0.4) is 0 Å². The van der Waals surface area contributed by atoms with Crippen LogP contribution in [0, 0.1) is 0 Å². The van der Waals surface area contributed by atoms with E-state index < -0.39 is 22.0 Å². The van der Waals surface area contributed by atoms with E-state index in [0.29, 0.717) is 5.76 Å². The topological polar surface area (TPSA) is 109 Å². The predicted octanol–water partition coefficient (Wildman–Crippen LogP) is -0.250. The van der Waals surface area contributed by atoms with Crippen LogP contribution >= 0.6 is 0 Å². The Labute approximate surface area is 98.9 Å². The summed E-state index contributed by atoms with van der Waals surface area (Å²) in [6.45, 7) is 1.63. The number of rotatable bonds is 6. The van der Waals surface area contributed by atoms with E-state index in [-0.39, 0.29) is 11.6 Å². The zero-order chi connectivity index (χ0) is 13.1. The first-order chi connectivity index (χ1) is 7.86. The summed E-state index contributed by atoms with van der Waals surface area (Å²) in [7, 11) is -2.31. The molecule has 0 aliphatic heterocycles. The van der Waals surface area contributed by atoms with Crippen LogP contribution < -0.4 is 10.0 Å². The summed E-state index contributed by atoms with van der Waals surface area (Å²) < 4.78 is 29.9. The van der Waals surface area contributed by atoms with Crippen LogP contribution in [0.2, 0.25) is 0 Å². The lowest BCUT2D eigenvalue weighted by molar-refractivity contribution is -0.139. The SMILES string of the molecule is CNS(=O)(=O)c1ccc(CNC(C)C(=O)O)o1. The molecule has 7 nitrogen and oxygen atoms in total. The van der Waals surface area contributed by atoms with Gasteiger partial charge in [-0.05, 0) is 26.1 Å². The van der Waals surface area contributed by atoms with Crippen LogP contribution in [0.5, 0.6) is 0 Å². The molecule has 1 aromatic rings. The van der Waals surface area contributed by atoms with Crippen LogP contribution in [0.4, 0.5) is 0 Å². The summed E-state index contributed by atoms with van der Waals surface area (Å²) in [5.41, 5.74) is 0. The van der Waals surface area contributed by atoms with E-state index in [9.17, 15) is 13.2 Å².